The molecule has 206 valence electrons. The Bertz CT molecular complexity index is 1240. The third-order valence-electron chi connectivity index (χ3n) is 8.44. The lowest BCUT2D eigenvalue weighted by Crippen LogP contribution is -2.41. The molecule has 0 amide bonds. The molecule has 4 rings (SSSR count). The Labute approximate surface area is 227 Å². The third-order valence-corrected chi connectivity index (χ3v) is 12.9. The fourth-order valence-corrected chi connectivity index (χ4v) is 6.04. The summed E-state index contributed by atoms with van der Waals surface area (Å²) in [7, 11) is -1.99. The highest BCUT2D eigenvalue weighted by Gasteiger charge is 2.38. The number of pyridine rings is 1. The van der Waals surface area contributed by atoms with Crippen LogP contribution in [0.2, 0.25) is 18.1 Å². The van der Waals surface area contributed by atoms with Crippen molar-refractivity contribution in [3.8, 4) is 5.75 Å². The molecule has 0 radical (unpaired) electrons. The Kier molecular flexibility index (Phi) is 8.48. The molecule has 2 heterocycles. The summed E-state index contributed by atoms with van der Waals surface area (Å²) >= 11 is 0. The molecule has 0 unspecified atom stereocenters. The fraction of sp³-hybridized carbons (Fsp3) is 0.548. The number of alkyl halides is 1. The molecule has 7 heteroatoms. The summed E-state index contributed by atoms with van der Waals surface area (Å²) in [5.74, 6) is 0.451. The summed E-state index contributed by atoms with van der Waals surface area (Å²) in [5.41, 5.74) is 1.55. The Morgan fingerprint density at radius 2 is 1.79 bits per heavy atom. The van der Waals surface area contributed by atoms with Crippen molar-refractivity contribution in [1.29, 1.82) is 0 Å². The van der Waals surface area contributed by atoms with Crippen molar-refractivity contribution in [2.75, 3.05) is 13.2 Å². The number of halogens is 1. The second-order valence-corrected chi connectivity index (χ2v) is 17.2. The standard InChI is InChI=1S/C31H43FN2O3Si/c1-23-28(34-19-13-16-27(29(34)33-23)36-22-31(32)17-11-8-12-18-31)26(35)20-25(24-14-9-7-10-15-24)21-37-38(5,6)30(2,3)4/h7,9-10,13-16,19,25H,8,11-12,17-18,20-22H2,1-6H3/t25-/m0/s1. The van der Waals surface area contributed by atoms with Crippen molar-refractivity contribution >= 4 is 19.7 Å². The summed E-state index contributed by atoms with van der Waals surface area (Å²) < 4.78 is 29.5. The lowest BCUT2D eigenvalue weighted by atomic mass is 9.87. The molecule has 1 aliphatic rings. The largest absolute Gasteiger partial charge is 0.486 e. The van der Waals surface area contributed by atoms with E-state index < -0.39 is 14.0 Å². The van der Waals surface area contributed by atoms with E-state index >= 15 is 4.39 Å². The number of carbonyl (C=O) groups excluding carboxylic acids is 1. The van der Waals surface area contributed by atoms with Gasteiger partial charge in [0.25, 0.3) is 0 Å². The van der Waals surface area contributed by atoms with E-state index in [-0.39, 0.29) is 23.3 Å². The van der Waals surface area contributed by atoms with Crippen LogP contribution >= 0.6 is 0 Å². The third kappa shape index (κ3) is 6.37. The van der Waals surface area contributed by atoms with Crippen LogP contribution in [0.25, 0.3) is 5.65 Å². The van der Waals surface area contributed by atoms with Crippen LogP contribution in [0.1, 0.15) is 87.0 Å². The van der Waals surface area contributed by atoms with Crippen molar-refractivity contribution in [3.63, 3.8) is 0 Å². The van der Waals surface area contributed by atoms with Gasteiger partial charge in [-0.25, -0.2) is 9.37 Å². The highest BCUT2D eigenvalue weighted by atomic mass is 28.4. The van der Waals surface area contributed by atoms with E-state index in [1.807, 2.05) is 43.5 Å². The molecule has 0 aliphatic heterocycles. The molecule has 1 aliphatic carbocycles. The van der Waals surface area contributed by atoms with Crippen LogP contribution in [-0.4, -0.2) is 42.4 Å². The van der Waals surface area contributed by atoms with Gasteiger partial charge in [0.15, 0.2) is 25.5 Å². The van der Waals surface area contributed by atoms with E-state index in [0.717, 1.165) is 24.8 Å². The number of fused-ring (bicyclic) bond motifs is 1. The molecule has 1 atom stereocenters. The maximum Gasteiger partial charge on any atom is 0.192 e. The van der Waals surface area contributed by atoms with Gasteiger partial charge in [-0.3, -0.25) is 9.20 Å². The minimum absolute atomic E-state index is 0.00840. The van der Waals surface area contributed by atoms with Crippen LogP contribution in [0.15, 0.2) is 48.7 Å². The molecule has 0 bridgehead atoms. The van der Waals surface area contributed by atoms with Crippen LogP contribution in [-0.2, 0) is 4.43 Å². The maximum absolute atomic E-state index is 15.2. The molecule has 2 aromatic heterocycles. The predicted molar refractivity (Wildman–Crippen MR) is 154 cm³/mol. The second-order valence-electron chi connectivity index (χ2n) is 12.4. The summed E-state index contributed by atoms with van der Waals surface area (Å²) in [6.07, 6.45) is 6.09. The van der Waals surface area contributed by atoms with E-state index in [4.69, 9.17) is 9.16 Å². The Morgan fingerprint density at radius 1 is 1.11 bits per heavy atom. The summed E-state index contributed by atoms with van der Waals surface area (Å²) in [6.45, 7) is 13.5. The monoisotopic (exact) mass is 538 g/mol. The Balaban J connectivity index is 1.57. The van der Waals surface area contributed by atoms with E-state index in [2.05, 4.69) is 51.0 Å². The van der Waals surface area contributed by atoms with E-state index in [9.17, 15) is 4.79 Å². The number of imidazole rings is 1. The number of ether oxygens (including phenoxy) is 1. The lowest BCUT2D eigenvalue weighted by molar-refractivity contribution is 0.0480. The molecule has 0 spiro atoms. The zero-order valence-electron chi connectivity index (χ0n) is 23.9. The molecule has 1 saturated carbocycles. The van der Waals surface area contributed by atoms with Crippen molar-refractivity contribution < 1.29 is 18.3 Å². The first-order chi connectivity index (χ1) is 17.9. The number of hydrogen-bond donors (Lipinski definition) is 0. The van der Waals surface area contributed by atoms with Crippen LogP contribution in [0.5, 0.6) is 5.75 Å². The maximum atomic E-state index is 15.2. The minimum Gasteiger partial charge on any atom is -0.486 e. The average Bonchev–Trinajstić information content (AvgIpc) is 3.22. The van der Waals surface area contributed by atoms with Gasteiger partial charge in [0.2, 0.25) is 0 Å². The number of ketones is 1. The van der Waals surface area contributed by atoms with Gasteiger partial charge >= 0.3 is 0 Å². The zero-order chi connectivity index (χ0) is 27.6. The first-order valence-electron chi connectivity index (χ1n) is 13.9. The van der Waals surface area contributed by atoms with Crippen molar-refractivity contribution in [1.82, 2.24) is 9.38 Å². The van der Waals surface area contributed by atoms with Crippen molar-refractivity contribution in [2.24, 2.45) is 0 Å². The van der Waals surface area contributed by atoms with Gasteiger partial charge in [0.05, 0.1) is 5.69 Å². The van der Waals surface area contributed by atoms with Gasteiger partial charge in [-0.1, -0.05) is 70.4 Å². The predicted octanol–water partition coefficient (Wildman–Crippen LogP) is 8.07. The van der Waals surface area contributed by atoms with Crippen LogP contribution in [0.3, 0.4) is 0 Å². The number of aromatic nitrogens is 2. The van der Waals surface area contributed by atoms with E-state index in [1.54, 1.807) is 4.40 Å². The number of hydrogen-bond acceptors (Lipinski definition) is 4. The average molecular weight is 539 g/mol. The smallest absolute Gasteiger partial charge is 0.192 e. The normalized spacial score (nSPS) is 16.9. The zero-order valence-corrected chi connectivity index (χ0v) is 24.9. The Morgan fingerprint density at radius 3 is 2.45 bits per heavy atom. The molecule has 1 aromatic carbocycles. The summed E-state index contributed by atoms with van der Waals surface area (Å²) in [6, 6.07) is 13.8. The molecular formula is C31H43FN2O3Si. The lowest BCUT2D eigenvalue weighted by Gasteiger charge is -2.37. The van der Waals surface area contributed by atoms with Gasteiger partial charge in [0, 0.05) is 25.1 Å². The molecule has 3 aromatic rings. The minimum atomic E-state index is -1.99. The second kappa shape index (κ2) is 11.3. The fourth-order valence-electron chi connectivity index (χ4n) is 4.99. The van der Waals surface area contributed by atoms with Gasteiger partial charge in [-0.05, 0) is 55.6 Å². The number of nitrogens with zero attached hydrogens (tertiary/aromatic N) is 2. The number of aryl methyl sites for hydroxylation is 1. The molecule has 1 fully saturated rings. The van der Waals surface area contributed by atoms with Gasteiger partial charge in [-0.15, -0.1) is 0 Å². The first-order valence-corrected chi connectivity index (χ1v) is 16.8. The number of benzene rings is 1. The Hall–Kier alpha value is -2.51. The number of carbonyl (C=O) groups is 1. The molecule has 0 saturated heterocycles. The SMILES string of the molecule is Cc1nc2c(OCC3(F)CCCCC3)cccn2c1C(=O)C[C@@H](CO[Si](C)(C)C(C)(C)C)c1ccccc1. The van der Waals surface area contributed by atoms with Crippen molar-refractivity contribution in [2.45, 2.75) is 95.9 Å². The molecule has 0 N–H and O–H groups in total. The molecule has 38 heavy (non-hydrogen) atoms. The molecular weight excluding hydrogens is 495 g/mol. The topological polar surface area (TPSA) is 52.8 Å². The van der Waals surface area contributed by atoms with Gasteiger partial charge < -0.3 is 9.16 Å². The molecule has 5 nitrogen and oxygen atoms in total. The van der Waals surface area contributed by atoms with Crippen LogP contribution in [0, 0.1) is 6.92 Å². The van der Waals surface area contributed by atoms with Crippen LogP contribution < -0.4 is 4.74 Å². The van der Waals surface area contributed by atoms with Crippen LogP contribution in [0.4, 0.5) is 4.39 Å². The summed E-state index contributed by atoms with van der Waals surface area (Å²) in [4.78, 5) is 18.5. The first kappa shape index (κ1) is 28.5. The van der Waals surface area contributed by atoms with E-state index in [0.29, 0.717) is 48.7 Å². The quantitative estimate of drug-likeness (QED) is 0.193. The highest BCUT2D eigenvalue weighted by molar-refractivity contribution is 6.74. The van der Waals surface area contributed by atoms with E-state index in [1.165, 1.54) is 0 Å². The van der Waals surface area contributed by atoms with Crippen molar-refractivity contribution in [3.05, 3.63) is 65.6 Å². The number of rotatable bonds is 10. The van der Waals surface area contributed by atoms with Gasteiger partial charge in [-0.2, -0.15) is 0 Å². The summed E-state index contributed by atoms with van der Waals surface area (Å²) in [5, 5.41) is 0.0860. The van der Waals surface area contributed by atoms with Gasteiger partial charge in [0.1, 0.15) is 18.0 Å². The highest BCUT2D eigenvalue weighted by Crippen LogP contribution is 2.38. The number of Topliss-reactive ketones (excluding diaryl/α,β-unsaturated/α-hetero) is 1.